The summed E-state index contributed by atoms with van der Waals surface area (Å²) in [6.07, 6.45) is 3.80. The van der Waals surface area contributed by atoms with Gasteiger partial charge in [0.25, 0.3) is 0 Å². The summed E-state index contributed by atoms with van der Waals surface area (Å²) in [6.45, 7) is 13.5. The zero-order valence-electron chi connectivity index (χ0n) is 12.2. The van der Waals surface area contributed by atoms with Gasteiger partial charge in [-0.2, -0.15) is 0 Å². The SMILES string of the molecule is CC(C)(C)c1cnc2ncccc2c1C(C)(C)C. The molecule has 0 fully saturated rings. The minimum atomic E-state index is 0.0901. The molecular formula is C16H22N2. The van der Waals surface area contributed by atoms with Gasteiger partial charge >= 0.3 is 0 Å². The molecule has 0 aliphatic carbocycles. The zero-order chi connectivity index (χ0) is 13.6. The second-order valence-corrected chi connectivity index (χ2v) is 6.92. The van der Waals surface area contributed by atoms with Crippen molar-refractivity contribution in [2.75, 3.05) is 0 Å². The van der Waals surface area contributed by atoms with Crippen LogP contribution in [-0.2, 0) is 10.8 Å². The highest BCUT2D eigenvalue weighted by atomic mass is 14.8. The molecule has 0 aliphatic heterocycles. The highest BCUT2D eigenvalue weighted by Crippen LogP contribution is 2.37. The molecule has 0 N–H and O–H groups in total. The van der Waals surface area contributed by atoms with E-state index < -0.39 is 0 Å². The Morgan fingerprint density at radius 2 is 1.56 bits per heavy atom. The lowest BCUT2D eigenvalue weighted by Gasteiger charge is -2.30. The maximum absolute atomic E-state index is 4.51. The summed E-state index contributed by atoms with van der Waals surface area (Å²) in [5.41, 5.74) is 3.71. The van der Waals surface area contributed by atoms with Crippen LogP contribution in [0.4, 0.5) is 0 Å². The molecule has 0 radical (unpaired) electrons. The van der Waals surface area contributed by atoms with Crippen molar-refractivity contribution in [1.29, 1.82) is 0 Å². The molecule has 96 valence electrons. The first-order chi connectivity index (χ1) is 8.21. The zero-order valence-corrected chi connectivity index (χ0v) is 12.2. The summed E-state index contributed by atoms with van der Waals surface area (Å²) < 4.78 is 0. The summed E-state index contributed by atoms with van der Waals surface area (Å²) >= 11 is 0. The Bertz CT molecular complexity index is 572. The standard InChI is InChI=1S/C16H22N2/c1-15(2,3)12-10-18-14-11(8-7-9-17-14)13(12)16(4,5)6/h7-10H,1-6H3. The van der Waals surface area contributed by atoms with Crippen molar-refractivity contribution in [3.8, 4) is 0 Å². The lowest BCUT2D eigenvalue weighted by Crippen LogP contribution is -2.23. The number of hydrogen-bond acceptors (Lipinski definition) is 2. The molecule has 0 atom stereocenters. The van der Waals surface area contributed by atoms with Gasteiger partial charge in [0.1, 0.15) is 0 Å². The molecule has 2 heteroatoms. The van der Waals surface area contributed by atoms with E-state index in [1.54, 1.807) is 6.20 Å². The topological polar surface area (TPSA) is 25.8 Å². The van der Waals surface area contributed by atoms with Gasteiger partial charge in [-0.15, -0.1) is 0 Å². The molecule has 2 aromatic rings. The lowest BCUT2D eigenvalue weighted by atomic mass is 9.75. The molecule has 18 heavy (non-hydrogen) atoms. The minimum Gasteiger partial charge on any atom is -0.237 e. The molecule has 0 saturated heterocycles. The predicted octanol–water partition coefficient (Wildman–Crippen LogP) is 4.22. The monoisotopic (exact) mass is 242 g/mol. The van der Waals surface area contributed by atoms with E-state index in [0.29, 0.717) is 0 Å². The third-order valence-corrected chi connectivity index (χ3v) is 3.20. The number of hydrogen-bond donors (Lipinski definition) is 0. The number of aromatic nitrogens is 2. The van der Waals surface area contributed by atoms with Gasteiger partial charge in [-0.05, 0) is 34.1 Å². The van der Waals surface area contributed by atoms with Crippen LogP contribution < -0.4 is 0 Å². The van der Waals surface area contributed by atoms with Gasteiger partial charge in [0.2, 0.25) is 0 Å². The van der Waals surface area contributed by atoms with E-state index in [4.69, 9.17) is 0 Å². The van der Waals surface area contributed by atoms with Crippen LogP contribution >= 0.6 is 0 Å². The van der Waals surface area contributed by atoms with Crippen molar-refractivity contribution in [2.24, 2.45) is 0 Å². The predicted molar refractivity (Wildman–Crippen MR) is 76.9 cm³/mol. The smallest absolute Gasteiger partial charge is 0.159 e. The van der Waals surface area contributed by atoms with E-state index in [-0.39, 0.29) is 10.8 Å². The Kier molecular flexibility index (Phi) is 2.92. The molecule has 0 aromatic carbocycles. The summed E-state index contributed by atoms with van der Waals surface area (Å²) in [4.78, 5) is 8.88. The van der Waals surface area contributed by atoms with E-state index in [2.05, 4.69) is 57.6 Å². The van der Waals surface area contributed by atoms with Crippen LogP contribution in [0.1, 0.15) is 52.7 Å². The fraction of sp³-hybridized carbons (Fsp3) is 0.500. The Morgan fingerprint density at radius 1 is 0.889 bits per heavy atom. The Hall–Kier alpha value is -1.44. The average Bonchev–Trinajstić information content (AvgIpc) is 2.24. The molecule has 0 spiro atoms. The summed E-state index contributed by atoms with van der Waals surface area (Å²) in [7, 11) is 0. The highest BCUT2D eigenvalue weighted by molar-refractivity contribution is 5.81. The summed E-state index contributed by atoms with van der Waals surface area (Å²) in [5.74, 6) is 0. The summed E-state index contributed by atoms with van der Waals surface area (Å²) in [5, 5.41) is 1.18. The first kappa shape index (κ1) is 13.0. The molecule has 2 nitrogen and oxygen atoms in total. The minimum absolute atomic E-state index is 0.0901. The van der Waals surface area contributed by atoms with Crippen molar-refractivity contribution in [3.63, 3.8) is 0 Å². The second kappa shape index (κ2) is 4.04. The molecule has 0 aliphatic rings. The van der Waals surface area contributed by atoms with Crippen molar-refractivity contribution in [3.05, 3.63) is 35.7 Å². The molecule has 2 aromatic heterocycles. The van der Waals surface area contributed by atoms with Crippen molar-refractivity contribution in [1.82, 2.24) is 9.97 Å². The molecule has 0 amide bonds. The van der Waals surface area contributed by atoms with Crippen LogP contribution in [0.2, 0.25) is 0 Å². The normalized spacial score (nSPS) is 13.0. The number of nitrogens with zero attached hydrogens (tertiary/aromatic N) is 2. The molecular weight excluding hydrogens is 220 g/mol. The van der Waals surface area contributed by atoms with Crippen LogP contribution in [0.15, 0.2) is 24.5 Å². The van der Waals surface area contributed by atoms with E-state index >= 15 is 0 Å². The van der Waals surface area contributed by atoms with E-state index in [9.17, 15) is 0 Å². The second-order valence-electron chi connectivity index (χ2n) is 6.92. The van der Waals surface area contributed by atoms with Gasteiger partial charge in [-0.1, -0.05) is 41.5 Å². The fourth-order valence-corrected chi connectivity index (χ4v) is 2.41. The third-order valence-electron chi connectivity index (χ3n) is 3.20. The molecule has 2 heterocycles. The van der Waals surface area contributed by atoms with Crippen LogP contribution in [0.3, 0.4) is 0 Å². The van der Waals surface area contributed by atoms with Crippen LogP contribution in [-0.4, -0.2) is 9.97 Å². The maximum atomic E-state index is 4.51. The quantitative estimate of drug-likeness (QED) is 0.691. The van der Waals surface area contributed by atoms with E-state index in [1.807, 2.05) is 12.3 Å². The molecule has 0 bridgehead atoms. The van der Waals surface area contributed by atoms with Gasteiger partial charge < -0.3 is 0 Å². The molecule has 2 rings (SSSR count). The fourth-order valence-electron chi connectivity index (χ4n) is 2.41. The maximum Gasteiger partial charge on any atom is 0.159 e. The van der Waals surface area contributed by atoms with Crippen molar-refractivity contribution >= 4 is 11.0 Å². The van der Waals surface area contributed by atoms with Gasteiger partial charge in [0.15, 0.2) is 5.65 Å². The number of pyridine rings is 2. The van der Waals surface area contributed by atoms with Gasteiger partial charge in [0, 0.05) is 17.8 Å². The highest BCUT2D eigenvalue weighted by Gasteiger charge is 2.27. The van der Waals surface area contributed by atoms with Crippen LogP contribution in [0.25, 0.3) is 11.0 Å². The first-order valence-electron chi connectivity index (χ1n) is 6.46. The lowest BCUT2D eigenvalue weighted by molar-refractivity contribution is 0.532. The average molecular weight is 242 g/mol. The number of fused-ring (bicyclic) bond motifs is 1. The van der Waals surface area contributed by atoms with Gasteiger partial charge in [-0.3, -0.25) is 0 Å². The Labute approximate surface area is 109 Å². The van der Waals surface area contributed by atoms with Crippen LogP contribution in [0, 0.1) is 0 Å². The molecule has 0 saturated carbocycles. The van der Waals surface area contributed by atoms with Crippen molar-refractivity contribution in [2.45, 2.75) is 52.4 Å². The van der Waals surface area contributed by atoms with Gasteiger partial charge in [-0.25, -0.2) is 9.97 Å². The summed E-state index contributed by atoms with van der Waals surface area (Å²) in [6, 6.07) is 4.12. The largest absolute Gasteiger partial charge is 0.237 e. The Balaban J connectivity index is 2.89. The van der Waals surface area contributed by atoms with E-state index in [1.165, 1.54) is 16.5 Å². The van der Waals surface area contributed by atoms with Crippen LogP contribution in [0.5, 0.6) is 0 Å². The molecule has 0 unspecified atom stereocenters. The number of rotatable bonds is 0. The van der Waals surface area contributed by atoms with E-state index in [0.717, 1.165) is 5.65 Å². The first-order valence-corrected chi connectivity index (χ1v) is 6.46. The Morgan fingerprint density at radius 3 is 2.11 bits per heavy atom. The van der Waals surface area contributed by atoms with Crippen molar-refractivity contribution < 1.29 is 0 Å². The third kappa shape index (κ3) is 2.24. The van der Waals surface area contributed by atoms with Gasteiger partial charge in [0.05, 0.1) is 0 Å².